The van der Waals surface area contributed by atoms with Crippen LogP contribution in [-0.4, -0.2) is 38.8 Å². The topological polar surface area (TPSA) is 57.7 Å². The zero-order valence-electron chi connectivity index (χ0n) is 18.2. The van der Waals surface area contributed by atoms with Gasteiger partial charge in [-0.05, 0) is 72.9 Å². The number of amides is 1. The predicted octanol–water partition coefficient (Wildman–Crippen LogP) is 4.52. The van der Waals surface area contributed by atoms with E-state index in [0.29, 0.717) is 30.8 Å². The van der Waals surface area contributed by atoms with Crippen LogP contribution in [0.1, 0.15) is 24.0 Å². The van der Waals surface area contributed by atoms with E-state index >= 15 is 0 Å². The number of benzene rings is 3. The van der Waals surface area contributed by atoms with Crippen molar-refractivity contribution in [3.05, 3.63) is 71.8 Å². The average molecular weight is 437 g/mol. The highest BCUT2D eigenvalue weighted by atomic mass is 32.2. The second-order valence-electron chi connectivity index (χ2n) is 8.43. The second kappa shape index (κ2) is 8.44. The lowest BCUT2D eigenvalue weighted by Crippen LogP contribution is -2.43. The fourth-order valence-corrected chi connectivity index (χ4v) is 5.87. The third-order valence-corrected chi connectivity index (χ3v) is 7.98. The Morgan fingerprint density at radius 2 is 1.52 bits per heavy atom. The van der Waals surface area contributed by atoms with E-state index in [-0.39, 0.29) is 11.8 Å². The van der Waals surface area contributed by atoms with Crippen LogP contribution in [0.3, 0.4) is 0 Å². The molecule has 1 fully saturated rings. The Morgan fingerprint density at radius 3 is 2.16 bits per heavy atom. The van der Waals surface area contributed by atoms with Gasteiger partial charge in [-0.3, -0.25) is 4.79 Å². The number of carbonyl (C=O) groups is 1. The summed E-state index contributed by atoms with van der Waals surface area (Å²) < 4.78 is 27.8. The molecule has 0 spiro atoms. The van der Waals surface area contributed by atoms with E-state index in [1.165, 1.54) is 4.31 Å². The molecule has 3 aromatic carbocycles. The molecule has 31 heavy (non-hydrogen) atoms. The summed E-state index contributed by atoms with van der Waals surface area (Å²) in [6, 6.07) is 19.1. The van der Waals surface area contributed by atoms with Gasteiger partial charge in [0.2, 0.25) is 15.9 Å². The van der Waals surface area contributed by atoms with Crippen molar-refractivity contribution in [2.45, 2.75) is 31.6 Å². The van der Waals surface area contributed by atoms with Gasteiger partial charge in [0.05, 0.1) is 4.90 Å². The molecule has 0 atom stereocenters. The van der Waals surface area contributed by atoms with Crippen molar-refractivity contribution in [1.82, 2.24) is 4.31 Å². The number of rotatable bonds is 4. The van der Waals surface area contributed by atoms with Crippen molar-refractivity contribution in [2.24, 2.45) is 5.92 Å². The summed E-state index contributed by atoms with van der Waals surface area (Å²) in [5, 5.41) is 1.92. The highest BCUT2D eigenvalue weighted by Gasteiger charge is 2.33. The highest BCUT2D eigenvalue weighted by molar-refractivity contribution is 7.89. The van der Waals surface area contributed by atoms with Crippen molar-refractivity contribution in [1.29, 1.82) is 0 Å². The minimum atomic E-state index is -3.58. The summed E-state index contributed by atoms with van der Waals surface area (Å²) in [4.78, 5) is 15.1. The van der Waals surface area contributed by atoms with Gasteiger partial charge >= 0.3 is 0 Å². The molecular weight excluding hydrogens is 408 g/mol. The van der Waals surface area contributed by atoms with Crippen molar-refractivity contribution in [3.8, 4) is 0 Å². The number of fused-ring (bicyclic) bond motifs is 1. The molecule has 1 aliphatic heterocycles. The molecule has 1 heterocycles. The first kappa shape index (κ1) is 21.5. The molecule has 1 saturated heterocycles. The smallest absolute Gasteiger partial charge is 0.243 e. The molecule has 5 nitrogen and oxygen atoms in total. The van der Waals surface area contributed by atoms with Crippen molar-refractivity contribution in [3.63, 3.8) is 0 Å². The number of nitrogens with zero attached hydrogens (tertiary/aromatic N) is 2. The molecule has 1 aliphatic rings. The number of carbonyl (C=O) groups excluding carboxylic acids is 1. The maximum Gasteiger partial charge on any atom is 0.243 e. The van der Waals surface area contributed by atoms with Gasteiger partial charge in [-0.15, -0.1) is 0 Å². The normalized spacial score (nSPS) is 15.8. The standard InChI is InChI=1S/C25H28N2O3S/c1-18-14-19(2)16-23(15-18)26(3)25(28)21-10-12-27(13-11-21)31(29,30)24-9-8-20-6-4-5-7-22(20)17-24/h4-9,14-17,21H,10-13H2,1-3H3. The van der Waals surface area contributed by atoms with E-state index in [0.717, 1.165) is 27.6 Å². The fraction of sp³-hybridized carbons (Fsp3) is 0.320. The molecule has 162 valence electrons. The Bertz CT molecular complexity index is 1210. The molecule has 0 saturated carbocycles. The SMILES string of the molecule is Cc1cc(C)cc(N(C)C(=O)C2CCN(S(=O)(=O)c3ccc4ccccc4c3)CC2)c1. The summed E-state index contributed by atoms with van der Waals surface area (Å²) in [6.45, 7) is 4.74. The minimum absolute atomic E-state index is 0.0488. The molecular formula is C25H28N2O3S. The van der Waals surface area contributed by atoms with Gasteiger partial charge in [0, 0.05) is 31.7 Å². The molecule has 0 unspecified atom stereocenters. The monoisotopic (exact) mass is 436 g/mol. The highest BCUT2D eigenvalue weighted by Crippen LogP contribution is 2.28. The van der Waals surface area contributed by atoms with Crippen LogP contribution in [0.4, 0.5) is 5.69 Å². The lowest BCUT2D eigenvalue weighted by molar-refractivity contribution is -0.123. The van der Waals surface area contributed by atoms with Crippen LogP contribution in [0.2, 0.25) is 0 Å². The van der Waals surface area contributed by atoms with Gasteiger partial charge in [-0.25, -0.2) is 8.42 Å². The number of piperidine rings is 1. The van der Waals surface area contributed by atoms with Gasteiger partial charge in [0.25, 0.3) is 0 Å². The Morgan fingerprint density at radius 1 is 0.903 bits per heavy atom. The number of hydrogen-bond donors (Lipinski definition) is 0. The molecule has 0 aromatic heterocycles. The van der Waals surface area contributed by atoms with Crippen molar-refractivity contribution < 1.29 is 13.2 Å². The average Bonchev–Trinajstić information content (AvgIpc) is 2.77. The van der Waals surface area contributed by atoms with Crippen molar-refractivity contribution >= 4 is 32.4 Å². The molecule has 0 radical (unpaired) electrons. The second-order valence-corrected chi connectivity index (χ2v) is 10.4. The maximum atomic E-state index is 13.2. The van der Waals surface area contributed by atoms with Crippen LogP contribution in [0.15, 0.2) is 65.6 Å². The first-order chi connectivity index (χ1) is 14.8. The Hall–Kier alpha value is -2.70. The maximum absolute atomic E-state index is 13.2. The summed E-state index contributed by atoms with van der Waals surface area (Å²) in [5.41, 5.74) is 3.12. The van der Waals surface area contributed by atoms with E-state index in [1.807, 2.05) is 56.3 Å². The summed E-state index contributed by atoms with van der Waals surface area (Å²) in [6.07, 6.45) is 1.06. The number of hydrogen-bond acceptors (Lipinski definition) is 3. The molecule has 0 aliphatic carbocycles. The Labute approximate surface area is 184 Å². The third-order valence-electron chi connectivity index (χ3n) is 6.09. The number of aryl methyl sites for hydroxylation is 2. The molecule has 0 bridgehead atoms. The van der Waals surface area contributed by atoms with E-state index in [4.69, 9.17) is 0 Å². The van der Waals surface area contributed by atoms with E-state index in [1.54, 1.807) is 24.1 Å². The Balaban J connectivity index is 1.46. The van der Waals surface area contributed by atoms with Gasteiger partial charge in [-0.1, -0.05) is 36.4 Å². The van der Waals surface area contributed by atoms with Gasteiger partial charge < -0.3 is 4.90 Å². The first-order valence-electron chi connectivity index (χ1n) is 10.6. The first-order valence-corrected chi connectivity index (χ1v) is 12.0. The summed E-state index contributed by atoms with van der Waals surface area (Å²) in [5.74, 6) is -0.123. The summed E-state index contributed by atoms with van der Waals surface area (Å²) in [7, 11) is -1.78. The van der Waals surface area contributed by atoms with E-state index in [9.17, 15) is 13.2 Å². The van der Waals surface area contributed by atoms with Crippen LogP contribution >= 0.6 is 0 Å². The van der Waals surface area contributed by atoms with Crippen LogP contribution in [0, 0.1) is 19.8 Å². The lowest BCUT2D eigenvalue weighted by Gasteiger charge is -2.32. The van der Waals surface area contributed by atoms with Crippen molar-refractivity contribution in [2.75, 3.05) is 25.0 Å². The zero-order valence-corrected chi connectivity index (χ0v) is 19.0. The van der Waals surface area contributed by atoms with Crippen LogP contribution in [-0.2, 0) is 14.8 Å². The summed E-state index contributed by atoms with van der Waals surface area (Å²) >= 11 is 0. The van der Waals surface area contributed by atoms with Gasteiger partial charge in [0.1, 0.15) is 0 Å². The van der Waals surface area contributed by atoms with Gasteiger partial charge in [0.15, 0.2) is 0 Å². The van der Waals surface area contributed by atoms with E-state index in [2.05, 4.69) is 6.07 Å². The van der Waals surface area contributed by atoms with Crippen LogP contribution < -0.4 is 4.90 Å². The van der Waals surface area contributed by atoms with Gasteiger partial charge in [-0.2, -0.15) is 4.31 Å². The predicted molar refractivity (Wildman–Crippen MR) is 125 cm³/mol. The van der Waals surface area contributed by atoms with E-state index < -0.39 is 10.0 Å². The molecule has 6 heteroatoms. The quantitative estimate of drug-likeness (QED) is 0.604. The third kappa shape index (κ3) is 4.36. The molecule has 4 rings (SSSR count). The zero-order chi connectivity index (χ0) is 22.2. The molecule has 3 aromatic rings. The Kier molecular flexibility index (Phi) is 5.86. The molecule has 1 amide bonds. The van der Waals surface area contributed by atoms with Crippen LogP contribution in [0.25, 0.3) is 10.8 Å². The number of anilines is 1. The molecule has 0 N–H and O–H groups in total. The lowest BCUT2D eigenvalue weighted by atomic mass is 9.96. The largest absolute Gasteiger partial charge is 0.315 e. The van der Waals surface area contributed by atoms with Crippen LogP contribution in [0.5, 0.6) is 0 Å². The number of sulfonamides is 1. The fourth-order valence-electron chi connectivity index (χ4n) is 4.37. The minimum Gasteiger partial charge on any atom is -0.315 e.